The molecule has 0 aliphatic heterocycles. The Balaban J connectivity index is 2.70. The summed E-state index contributed by atoms with van der Waals surface area (Å²) in [5, 5.41) is 5.37. The summed E-state index contributed by atoms with van der Waals surface area (Å²) < 4.78 is 33.9. The summed E-state index contributed by atoms with van der Waals surface area (Å²) >= 11 is 10.3. The third-order valence-corrected chi connectivity index (χ3v) is 2.14. The van der Waals surface area contributed by atoms with Crippen LogP contribution in [0.1, 0.15) is 12.1 Å². The van der Waals surface area contributed by atoms with Gasteiger partial charge in [-0.1, -0.05) is 23.2 Å². The van der Waals surface area contributed by atoms with E-state index < -0.39 is 16.0 Å². The van der Waals surface area contributed by atoms with E-state index in [0.717, 1.165) is 6.07 Å². The van der Waals surface area contributed by atoms with Crippen molar-refractivity contribution < 1.29 is 13.2 Å². The average Bonchev–Trinajstić information content (AvgIpc) is 2.31. The van der Waals surface area contributed by atoms with Crippen LogP contribution in [0.4, 0.5) is 13.2 Å². The van der Waals surface area contributed by atoms with Crippen LogP contribution in [0.3, 0.4) is 0 Å². The van der Waals surface area contributed by atoms with Crippen molar-refractivity contribution in [2.45, 2.75) is 15.4 Å². The molecule has 1 rings (SSSR count). The van der Waals surface area contributed by atoms with Crippen LogP contribution in [0.2, 0.25) is 0 Å². The Bertz CT molecular complexity index is 286. The van der Waals surface area contributed by atoms with Crippen molar-refractivity contribution in [1.82, 2.24) is 10.2 Å². The van der Waals surface area contributed by atoms with Gasteiger partial charge in [-0.25, -0.2) is 8.78 Å². The number of alkyl halides is 5. The lowest BCUT2D eigenvalue weighted by Crippen LogP contribution is -1.94. The van der Waals surface area contributed by atoms with E-state index in [1.165, 1.54) is 0 Å². The summed E-state index contributed by atoms with van der Waals surface area (Å²) in [4.78, 5) is 0. The molecule has 0 aromatic carbocycles. The van der Waals surface area contributed by atoms with Crippen molar-refractivity contribution >= 4 is 35.0 Å². The largest absolute Gasteiger partial charge is 0.310 e. The van der Waals surface area contributed by atoms with Crippen LogP contribution in [0.25, 0.3) is 0 Å². The lowest BCUT2D eigenvalue weighted by molar-refractivity contribution is 0.146. The first-order chi connectivity index (χ1) is 5.88. The molecule has 0 atom stereocenters. The fourth-order valence-electron chi connectivity index (χ4n) is 0.600. The second-order valence-corrected chi connectivity index (χ2v) is 4.88. The monoisotopic (exact) mass is 250 g/mol. The van der Waals surface area contributed by atoms with E-state index in [2.05, 4.69) is 5.10 Å². The van der Waals surface area contributed by atoms with Crippen molar-refractivity contribution in [3.05, 3.63) is 11.8 Å². The van der Waals surface area contributed by atoms with E-state index in [9.17, 15) is 13.2 Å². The Morgan fingerprint density at radius 3 is 2.54 bits per heavy atom. The Morgan fingerprint density at radius 1 is 1.54 bits per heavy atom. The predicted molar refractivity (Wildman–Crippen MR) is 44.9 cm³/mol. The van der Waals surface area contributed by atoms with Gasteiger partial charge in [0.25, 0.3) is 6.43 Å². The van der Waals surface area contributed by atoms with Crippen molar-refractivity contribution in [1.29, 1.82) is 0 Å². The standard InChI is InChI=1S/C5H3Cl2F3N2S/c6-5(7,10)13-3-1-2(4(8)9)11-12-3/h1,4H,(H,11,12). The van der Waals surface area contributed by atoms with Gasteiger partial charge in [0.15, 0.2) is 0 Å². The highest BCUT2D eigenvalue weighted by Crippen LogP contribution is 2.40. The van der Waals surface area contributed by atoms with Crippen molar-refractivity contribution in [2.24, 2.45) is 0 Å². The second-order valence-electron chi connectivity index (χ2n) is 2.01. The number of aromatic nitrogens is 2. The molecule has 0 unspecified atom stereocenters. The molecule has 0 radical (unpaired) electrons. The van der Waals surface area contributed by atoms with Crippen LogP contribution in [-0.4, -0.2) is 14.1 Å². The first kappa shape index (κ1) is 11.0. The Labute approximate surface area is 85.8 Å². The van der Waals surface area contributed by atoms with E-state index in [4.69, 9.17) is 23.2 Å². The molecule has 1 aromatic rings. The number of nitrogens with zero attached hydrogens (tertiary/aromatic N) is 1. The van der Waals surface area contributed by atoms with Crippen LogP contribution >= 0.6 is 35.0 Å². The molecule has 13 heavy (non-hydrogen) atoms. The molecule has 74 valence electrons. The molecule has 0 saturated carbocycles. The summed E-state index contributed by atoms with van der Waals surface area (Å²) in [5.74, 6) is 0. The maximum Gasteiger partial charge on any atom is 0.310 e. The van der Waals surface area contributed by atoms with Gasteiger partial charge in [0, 0.05) is 0 Å². The molecule has 0 bridgehead atoms. The van der Waals surface area contributed by atoms with Gasteiger partial charge < -0.3 is 0 Å². The number of aromatic amines is 1. The number of thioether (sulfide) groups is 1. The SMILES string of the molecule is FC(F)c1cc(SC(F)(Cl)Cl)n[nH]1. The zero-order chi connectivity index (χ0) is 10.1. The molecular formula is C5H3Cl2F3N2S. The minimum absolute atomic E-state index is 0.0252. The maximum absolute atomic E-state index is 12.5. The van der Waals surface area contributed by atoms with Crippen molar-refractivity contribution in [2.75, 3.05) is 0 Å². The average molecular weight is 251 g/mol. The zero-order valence-electron chi connectivity index (χ0n) is 5.90. The molecule has 0 fully saturated rings. The highest BCUT2D eigenvalue weighted by molar-refractivity contribution is 8.03. The molecular weight excluding hydrogens is 248 g/mol. The van der Waals surface area contributed by atoms with E-state index >= 15 is 0 Å². The van der Waals surface area contributed by atoms with Gasteiger partial charge >= 0.3 is 3.92 Å². The van der Waals surface area contributed by atoms with Gasteiger partial charge in [-0.3, -0.25) is 5.10 Å². The van der Waals surface area contributed by atoms with Gasteiger partial charge in [-0.15, -0.1) is 0 Å². The summed E-state index contributed by atoms with van der Waals surface area (Å²) in [5.41, 5.74) is -0.403. The quantitative estimate of drug-likeness (QED) is 0.657. The lowest BCUT2D eigenvalue weighted by Gasteiger charge is -2.03. The van der Waals surface area contributed by atoms with Crippen LogP contribution in [0.5, 0.6) is 0 Å². The van der Waals surface area contributed by atoms with E-state index in [1.54, 1.807) is 0 Å². The van der Waals surface area contributed by atoms with E-state index in [0.29, 0.717) is 11.8 Å². The molecule has 8 heteroatoms. The Morgan fingerprint density at radius 2 is 2.15 bits per heavy atom. The van der Waals surface area contributed by atoms with Crippen LogP contribution in [0, 0.1) is 0 Å². The predicted octanol–water partition coefficient (Wildman–Crippen LogP) is 3.50. The highest BCUT2D eigenvalue weighted by atomic mass is 35.5. The number of halogens is 5. The molecule has 1 heterocycles. The number of hydrogen-bond donors (Lipinski definition) is 1. The number of H-pyrrole nitrogens is 1. The van der Waals surface area contributed by atoms with Crippen LogP contribution in [0.15, 0.2) is 11.1 Å². The molecule has 0 amide bonds. The summed E-state index contributed by atoms with van der Waals surface area (Å²) in [7, 11) is 0. The molecule has 0 aliphatic carbocycles. The first-order valence-electron chi connectivity index (χ1n) is 2.97. The van der Waals surface area contributed by atoms with E-state index in [1.807, 2.05) is 5.10 Å². The number of nitrogens with one attached hydrogen (secondary N) is 1. The Kier molecular flexibility index (Phi) is 3.37. The fourth-order valence-corrected chi connectivity index (χ4v) is 1.59. The summed E-state index contributed by atoms with van der Waals surface area (Å²) in [6.07, 6.45) is -2.68. The molecule has 0 aliphatic rings. The normalized spacial score (nSPS) is 12.5. The second kappa shape index (κ2) is 3.98. The fraction of sp³-hybridized carbons (Fsp3) is 0.400. The third-order valence-electron chi connectivity index (χ3n) is 1.03. The van der Waals surface area contributed by atoms with Crippen molar-refractivity contribution in [3.8, 4) is 0 Å². The lowest BCUT2D eigenvalue weighted by atomic mass is 10.5. The minimum Gasteiger partial charge on any atom is -0.276 e. The molecule has 2 nitrogen and oxygen atoms in total. The minimum atomic E-state index is -2.68. The number of hydrogen-bond acceptors (Lipinski definition) is 2. The number of rotatable bonds is 3. The zero-order valence-corrected chi connectivity index (χ0v) is 8.23. The van der Waals surface area contributed by atoms with Gasteiger partial charge in [-0.2, -0.15) is 9.49 Å². The maximum atomic E-state index is 12.5. The molecule has 1 aromatic heterocycles. The molecule has 0 saturated heterocycles. The van der Waals surface area contributed by atoms with Gasteiger partial charge in [0.2, 0.25) is 0 Å². The van der Waals surface area contributed by atoms with Crippen LogP contribution < -0.4 is 0 Å². The van der Waals surface area contributed by atoms with E-state index in [-0.39, 0.29) is 5.03 Å². The van der Waals surface area contributed by atoms with Crippen LogP contribution in [-0.2, 0) is 0 Å². The Hall–Kier alpha value is -0.0700. The third kappa shape index (κ3) is 3.66. The first-order valence-corrected chi connectivity index (χ1v) is 4.55. The molecule has 1 N–H and O–H groups in total. The highest BCUT2D eigenvalue weighted by Gasteiger charge is 2.26. The summed E-state index contributed by atoms with van der Waals surface area (Å²) in [6.45, 7) is 0. The topological polar surface area (TPSA) is 28.7 Å². The van der Waals surface area contributed by atoms with Gasteiger partial charge in [-0.05, 0) is 17.8 Å². The van der Waals surface area contributed by atoms with Gasteiger partial charge in [0.05, 0.1) is 0 Å². The van der Waals surface area contributed by atoms with Gasteiger partial charge in [0.1, 0.15) is 10.7 Å². The summed E-state index contributed by atoms with van der Waals surface area (Å²) in [6, 6.07) is 0.981. The van der Waals surface area contributed by atoms with Crippen molar-refractivity contribution in [3.63, 3.8) is 0 Å². The molecule has 0 spiro atoms. The smallest absolute Gasteiger partial charge is 0.276 e.